The maximum Gasteiger partial charge on any atom is 0.161 e. The minimum absolute atomic E-state index is 0.342. The van der Waals surface area contributed by atoms with E-state index in [2.05, 4.69) is 19.1 Å². The number of aryl methyl sites for hydroxylation is 1. The standard InChI is InChI=1S/C15H21NO2/c1-11-7-13-14(18-6-5-17-13)8-12(11)9-15(10-16)3-2-4-15/h7-8H,2-6,9-10,16H2,1H3. The summed E-state index contributed by atoms with van der Waals surface area (Å²) in [5.41, 5.74) is 8.95. The van der Waals surface area contributed by atoms with Crippen LogP contribution >= 0.6 is 0 Å². The van der Waals surface area contributed by atoms with E-state index in [0.717, 1.165) is 24.5 Å². The lowest BCUT2D eigenvalue weighted by atomic mass is 9.65. The molecule has 0 unspecified atom stereocenters. The lowest BCUT2D eigenvalue weighted by Gasteiger charge is -2.41. The molecule has 1 heterocycles. The molecule has 1 aromatic rings. The molecule has 1 aromatic carbocycles. The second-order valence-electron chi connectivity index (χ2n) is 5.66. The molecule has 0 atom stereocenters. The van der Waals surface area contributed by atoms with E-state index in [1.165, 1.54) is 30.4 Å². The van der Waals surface area contributed by atoms with E-state index in [4.69, 9.17) is 15.2 Å². The van der Waals surface area contributed by atoms with Crippen molar-refractivity contribution in [2.45, 2.75) is 32.6 Å². The first-order chi connectivity index (χ1) is 8.72. The summed E-state index contributed by atoms with van der Waals surface area (Å²) < 4.78 is 11.3. The van der Waals surface area contributed by atoms with Crippen molar-refractivity contribution in [3.63, 3.8) is 0 Å². The van der Waals surface area contributed by atoms with Gasteiger partial charge in [0.05, 0.1) is 0 Å². The van der Waals surface area contributed by atoms with Crippen LogP contribution in [-0.2, 0) is 6.42 Å². The molecule has 0 radical (unpaired) electrons. The van der Waals surface area contributed by atoms with E-state index in [1.807, 2.05) is 0 Å². The van der Waals surface area contributed by atoms with Gasteiger partial charge in [0, 0.05) is 0 Å². The fraction of sp³-hybridized carbons (Fsp3) is 0.600. The fourth-order valence-corrected chi connectivity index (χ4v) is 2.96. The van der Waals surface area contributed by atoms with Crippen LogP contribution in [0.4, 0.5) is 0 Å². The highest BCUT2D eigenvalue weighted by molar-refractivity contribution is 5.48. The lowest BCUT2D eigenvalue weighted by Crippen LogP contribution is -2.39. The Hall–Kier alpha value is -1.22. The summed E-state index contributed by atoms with van der Waals surface area (Å²) >= 11 is 0. The van der Waals surface area contributed by atoms with Gasteiger partial charge in [-0.15, -0.1) is 0 Å². The Balaban J connectivity index is 1.87. The average Bonchev–Trinajstić information content (AvgIpc) is 2.34. The largest absolute Gasteiger partial charge is 0.486 e. The molecule has 2 N–H and O–H groups in total. The van der Waals surface area contributed by atoms with Crippen molar-refractivity contribution in [2.75, 3.05) is 19.8 Å². The summed E-state index contributed by atoms with van der Waals surface area (Å²) in [6.45, 7) is 4.24. The van der Waals surface area contributed by atoms with Gasteiger partial charge in [0.15, 0.2) is 11.5 Å². The van der Waals surface area contributed by atoms with Crippen LogP contribution in [0.1, 0.15) is 30.4 Å². The summed E-state index contributed by atoms with van der Waals surface area (Å²) in [7, 11) is 0. The summed E-state index contributed by atoms with van der Waals surface area (Å²) in [5, 5.41) is 0. The number of rotatable bonds is 3. The van der Waals surface area contributed by atoms with Crippen molar-refractivity contribution < 1.29 is 9.47 Å². The van der Waals surface area contributed by atoms with Crippen LogP contribution in [-0.4, -0.2) is 19.8 Å². The molecule has 98 valence electrons. The molecule has 18 heavy (non-hydrogen) atoms. The molecule has 1 aliphatic heterocycles. The topological polar surface area (TPSA) is 44.5 Å². The molecule has 3 rings (SSSR count). The number of fused-ring (bicyclic) bond motifs is 1. The molecule has 0 saturated heterocycles. The van der Waals surface area contributed by atoms with Crippen molar-refractivity contribution >= 4 is 0 Å². The summed E-state index contributed by atoms with van der Waals surface area (Å²) in [6, 6.07) is 4.26. The maximum atomic E-state index is 5.95. The Morgan fingerprint density at radius 3 is 2.39 bits per heavy atom. The molecule has 0 bridgehead atoms. The van der Waals surface area contributed by atoms with Crippen LogP contribution in [0.5, 0.6) is 11.5 Å². The Morgan fingerprint density at radius 1 is 1.17 bits per heavy atom. The zero-order valence-corrected chi connectivity index (χ0v) is 11.0. The van der Waals surface area contributed by atoms with E-state index < -0.39 is 0 Å². The molecular weight excluding hydrogens is 226 g/mol. The quantitative estimate of drug-likeness (QED) is 0.892. The van der Waals surface area contributed by atoms with Crippen molar-refractivity contribution in [2.24, 2.45) is 11.1 Å². The molecule has 1 fully saturated rings. The molecule has 3 heteroatoms. The van der Waals surface area contributed by atoms with Gasteiger partial charge >= 0.3 is 0 Å². The highest BCUT2D eigenvalue weighted by Crippen LogP contribution is 2.44. The van der Waals surface area contributed by atoms with Gasteiger partial charge in [-0.3, -0.25) is 0 Å². The van der Waals surface area contributed by atoms with Crippen molar-refractivity contribution in [1.29, 1.82) is 0 Å². The van der Waals surface area contributed by atoms with Crippen molar-refractivity contribution in [1.82, 2.24) is 0 Å². The summed E-state index contributed by atoms with van der Waals surface area (Å²) in [4.78, 5) is 0. The zero-order valence-electron chi connectivity index (χ0n) is 11.0. The minimum atomic E-state index is 0.342. The van der Waals surface area contributed by atoms with E-state index in [0.29, 0.717) is 18.6 Å². The van der Waals surface area contributed by atoms with Crippen molar-refractivity contribution in [3.05, 3.63) is 23.3 Å². The molecule has 1 saturated carbocycles. The Bertz CT molecular complexity index is 447. The normalized spacial score (nSPS) is 20.3. The molecule has 3 nitrogen and oxygen atoms in total. The highest BCUT2D eigenvalue weighted by atomic mass is 16.6. The van der Waals surface area contributed by atoms with Crippen LogP contribution in [0.25, 0.3) is 0 Å². The Kier molecular flexibility index (Phi) is 2.94. The molecule has 2 aliphatic rings. The van der Waals surface area contributed by atoms with Gasteiger partial charge in [-0.2, -0.15) is 0 Å². The van der Waals surface area contributed by atoms with E-state index in [9.17, 15) is 0 Å². The van der Waals surface area contributed by atoms with Gasteiger partial charge in [-0.25, -0.2) is 0 Å². The summed E-state index contributed by atoms with van der Waals surface area (Å²) in [5.74, 6) is 1.78. The second kappa shape index (κ2) is 4.47. The second-order valence-corrected chi connectivity index (χ2v) is 5.66. The van der Waals surface area contributed by atoms with E-state index in [1.54, 1.807) is 0 Å². The number of nitrogens with two attached hydrogens (primary N) is 1. The highest BCUT2D eigenvalue weighted by Gasteiger charge is 2.36. The van der Waals surface area contributed by atoms with Gasteiger partial charge < -0.3 is 15.2 Å². The zero-order chi connectivity index (χ0) is 12.6. The Labute approximate surface area is 108 Å². The van der Waals surface area contributed by atoms with Crippen LogP contribution in [0.3, 0.4) is 0 Å². The predicted octanol–water partition coefficient (Wildman–Crippen LogP) is 2.44. The molecule has 0 spiro atoms. The first-order valence-electron chi connectivity index (χ1n) is 6.82. The van der Waals surface area contributed by atoms with Crippen molar-refractivity contribution in [3.8, 4) is 11.5 Å². The third-order valence-electron chi connectivity index (χ3n) is 4.41. The lowest BCUT2D eigenvalue weighted by molar-refractivity contribution is 0.143. The first-order valence-corrected chi connectivity index (χ1v) is 6.82. The fourth-order valence-electron chi connectivity index (χ4n) is 2.96. The Morgan fingerprint density at radius 2 is 1.83 bits per heavy atom. The first kappa shape index (κ1) is 11.8. The third-order valence-corrected chi connectivity index (χ3v) is 4.41. The average molecular weight is 247 g/mol. The van der Waals surface area contributed by atoms with Gasteiger partial charge in [-0.1, -0.05) is 6.42 Å². The monoisotopic (exact) mass is 247 g/mol. The minimum Gasteiger partial charge on any atom is -0.486 e. The molecule has 1 aliphatic carbocycles. The van der Waals surface area contributed by atoms with Gasteiger partial charge in [0.25, 0.3) is 0 Å². The summed E-state index contributed by atoms with van der Waals surface area (Å²) in [6.07, 6.45) is 4.92. The molecule has 0 aromatic heterocycles. The van der Waals surface area contributed by atoms with E-state index in [-0.39, 0.29) is 0 Å². The van der Waals surface area contributed by atoms with Gasteiger partial charge in [-0.05, 0) is 61.4 Å². The van der Waals surface area contributed by atoms with Crippen LogP contribution < -0.4 is 15.2 Å². The number of hydrogen-bond acceptors (Lipinski definition) is 3. The van der Waals surface area contributed by atoms with Gasteiger partial charge in [0.2, 0.25) is 0 Å². The maximum absolute atomic E-state index is 5.95. The smallest absolute Gasteiger partial charge is 0.161 e. The number of benzene rings is 1. The van der Waals surface area contributed by atoms with Crippen LogP contribution in [0, 0.1) is 12.3 Å². The molecule has 0 amide bonds. The SMILES string of the molecule is Cc1cc2c(cc1CC1(CN)CCC1)OCCO2. The number of hydrogen-bond donors (Lipinski definition) is 1. The van der Waals surface area contributed by atoms with Gasteiger partial charge in [0.1, 0.15) is 13.2 Å². The predicted molar refractivity (Wildman–Crippen MR) is 71.2 cm³/mol. The number of ether oxygens (including phenoxy) is 2. The van der Waals surface area contributed by atoms with Crippen LogP contribution in [0.2, 0.25) is 0 Å². The molecular formula is C15H21NO2. The third kappa shape index (κ3) is 1.97. The van der Waals surface area contributed by atoms with Crippen LogP contribution in [0.15, 0.2) is 12.1 Å². The van der Waals surface area contributed by atoms with E-state index >= 15 is 0 Å².